The number of nitrogens with two attached hydrogens (primary N) is 1. The van der Waals surface area contributed by atoms with Crippen molar-refractivity contribution in [1.29, 1.82) is 0 Å². The Bertz CT molecular complexity index is 1080. The average Bonchev–Trinajstić information content (AvgIpc) is 3.09. The van der Waals surface area contributed by atoms with Crippen LogP contribution in [0.15, 0.2) is 30.3 Å². The quantitative estimate of drug-likeness (QED) is 0.161. The molecule has 10 heteroatoms. The Hall–Kier alpha value is -3.50. The van der Waals surface area contributed by atoms with Gasteiger partial charge in [-0.2, -0.15) is 9.97 Å². The number of primary amides is 1. The summed E-state index contributed by atoms with van der Waals surface area (Å²) < 4.78 is 12.8. The fourth-order valence-corrected chi connectivity index (χ4v) is 3.35. The lowest BCUT2D eigenvalue weighted by atomic mass is 10.1. The Morgan fingerprint density at radius 2 is 1.84 bits per heavy atom. The summed E-state index contributed by atoms with van der Waals surface area (Å²) in [6, 6.07) is 9.73. The van der Waals surface area contributed by atoms with Crippen LogP contribution >= 0.6 is 0 Å². The first kappa shape index (κ1) is 22.2. The molecule has 0 fully saturated rings. The molecule has 0 radical (unpaired) electrons. The molecule has 3 aromatic rings. The minimum Gasteiger partial charge on any atom is -0.474 e. The predicted molar refractivity (Wildman–Crippen MR) is 111 cm³/mol. The zero-order valence-corrected chi connectivity index (χ0v) is 17.6. The number of aromatic nitrogens is 3. The summed E-state index contributed by atoms with van der Waals surface area (Å²) in [6.45, 7) is 2.50. The molecule has 1 amide bonds. The summed E-state index contributed by atoms with van der Waals surface area (Å²) in [5.74, 6) is -1.81. The molecule has 0 aliphatic rings. The molecule has 164 valence electrons. The molecule has 0 saturated carbocycles. The lowest BCUT2D eigenvalue weighted by molar-refractivity contribution is -0.275. The summed E-state index contributed by atoms with van der Waals surface area (Å²) in [5, 5.41) is 0.301. The summed E-state index contributed by atoms with van der Waals surface area (Å²) in [4.78, 5) is 42.7. The molecule has 0 bridgehead atoms. The Kier molecular flexibility index (Phi) is 7.16. The van der Waals surface area contributed by atoms with E-state index in [-0.39, 0.29) is 30.7 Å². The molecule has 2 N–H and O–H groups in total. The van der Waals surface area contributed by atoms with Crippen LogP contribution in [0.3, 0.4) is 0 Å². The van der Waals surface area contributed by atoms with Crippen LogP contribution in [0, 0.1) is 0 Å². The van der Waals surface area contributed by atoms with Crippen molar-refractivity contribution in [3.8, 4) is 11.9 Å². The maximum absolute atomic E-state index is 12.8. The highest BCUT2D eigenvalue weighted by atomic mass is 17.2. The maximum Gasteiger partial charge on any atom is 0.321 e. The number of hydrogen-bond acceptors (Lipinski definition) is 8. The molecule has 2 aromatic heterocycles. The third-order valence-corrected chi connectivity index (χ3v) is 4.63. The zero-order chi connectivity index (χ0) is 22.4. The number of carbonyl (C=O) groups excluding carboxylic acids is 2. The number of fused-ring (bicyclic) bond motifs is 1. The van der Waals surface area contributed by atoms with Crippen molar-refractivity contribution in [3.05, 3.63) is 47.2 Å². The first-order chi connectivity index (χ1) is 15.0. The van der Waals surface area contributed by atoms with Crippen LogP contribution < -0.4 is 15.2 Å². The smallest absolute Gasteiger partial charge is 0.321 e. The van der Waals surface area contributed by atoms with Gasteiger partial charge in [0, 0.05) is 12.2 Å². The van der Waals surface area contributed by atoms with Crippen molar-refractivity contribution in [2.75, 3.05) is 27.4 Å². The molecule has 3 rings (SSSR count). The Balaban J connectivity index is 2.26. The van der Waals surface area contributed by atoms with Gasteiger partial charge in [0.25, 0.3) is 11.7 Å². The van der Waals surface area contributed by atoms with E-state index >= 15 is 0 Å². The third-order valence-electron chi connectivity index (χ3n) is 4.63. The van der Waals surface area contributed by atoms with Crippen molar-refractivity contribution in [2.45, 2.75) is 19.9 Å². The number of ether oxygens (including phenoxy) is 2. The molecule has 0 aliphatic heterocycles. The van der Waals surface area contributed by atoms with E-state index in [2.05, 4.69) is 14.9 Å². The van der Waals surface area contributed by atoms with Gasteiger partial charge in [0.15, 0.2) is 5.65 Å². The molecule has 0 spiro atoms. The van der Waals surface area contributed by atoms with Crippen LogP contribution in [0.2, 0.25) is 0 Å². The van der Waals surface area contributed by atoms with E-state index in [1.165, 1.54) is 14.2 Å². The van der Waals surface area contributed by atoms with Crippen LogP contribution in [0.1, 0.15) is 28.5 Å². The highest BCUT2D eigenvalue weighted by Crippen LogP contribution is 2.34. The summed E-state index contributed by atoms with van der Waals surface area (Å²) >= 11 is 0. The summed E-state index contributed by atoms with van der Waals surface area (Å²) in [6.07, 6.45) is 0.450. The number of nitrogens with zero attached hydrogens (tertiary/aromatic N) is 3. The molecule has 0 aliphatic carbocycles. The maximum atomic E-state index is 12.8. The zero-order valence-electron chi connectivity index (χ0n) is 17.6. The summed E-state index contributed by atoms with van der Waals surface area (Å²) in [7, 11) is 2.81. The Morgan fingerprint density at radius 1 is 1.10 bits per heavy atom. The van der Waals surface area contributed by atoms with Crippen LogP contribution in [-0.4, -0.2) is 53.7 Å². The first-order valence-corrected chi connectivity index (χ1v) is 9.65. The molecular formula is C21H24N4O6. The van der Waals surface area contributed by atoms with Crippen molar-refractivity contribution in [1.82, 2.24) is 14.5 Å². The highest BCUT2D eigenvalue weighted by molar-refractivity contribution is 6.45. The number of amides is 1. The fourth-order valence-electron chi connectivity index (χ4n) is 3.35. The number of benzene rings is 1. The van der Waals surface area contributed by atoms with Gasteiger partial charge in [-0.15, -0.1) is 0 Å². The molecule has 10 nitrogen and oxygen atoms in total. The minimum atomic E-state index is -1.07. The average molecular weight is 428 g/mol. The number of Topliss-reactive ketones (excluding diaryl/α,β-unsaturated/α-hetero) is 1. The first-order valence-electron chi connectivity index (χ1n) is 9.65. The van der Waals surface area contributed by atoms with Gasteiger partial charge in [0.05, 0.1) is 25.2 Å². The number of rotatable bonds is 11. The van der Waals surface area contributed by atoms with Crippen molar-refractivity contribution < 1.29 is 28.8 Å². The number of hydrogen-bond donors (Lipinski definition) is 1. The van der Waals surface area contributed by atoms with Crippen molar-refractivity contribution in [3.63, 3.8) is 0 Å². The van der Waals surface area contributed by atoms with Gasteiger partial charge >= 0.3 is 6.01 Å². The van der Waals surface area contributed by atoms with Gasteiger partial charge in [-0.3, -0.25) is 9.59 Å². The van der Waals surface area contributed by atoms with Gasteiger partial charge in [-0.1, -0.05) is 37.3 Å². The Labute approximate surface area is 178 Å². The van der Waals surface area contributed by atoms with Gasteiger partial charge < -0.3 is 19.8 Å². The van der Waals surface area contributed by atoms with Crippen LogP contribution in [0.4, 0.5) is 0 Å². The van der Waals surface area contributed by atoms with E-state index in [9.17, 15) is 9.59 Å². The lowest BCUT2D eigenvalue weighted by Crippen LogP contribution is -2.24. The van der Waals surface area contributed by atoms with Crippen LogP contribution in [-0.2, 0) is 27.5 Å². The monoisotopic (exact) mass is 428 g/mol. The van der Waals surface area contributed by atoms with Crippen LogP contribution in [0.5, 0.6) is 11.9 Å². The molecule has 31 heavy (non-hydrogen) atoms. The fraction of sp³-hybridized carbons (Fsp3) is 0.333. The van der Waals surface area contributed by atoms with E-state index in [0.717, 1.165) is 5.56 Å². The van der Waals surface area contributed by atoms with Gasteiger partial charge in [-0.05, 0) is 12.0 Å². The molecule has 0 atom stereocenters. The van der Waals surface area contributed by atoms with E-state index in [1.807, 2.05) is 41.8 Å². The molecule has 0 saturated heterocycles. The SMILES string of the molecule is CCc1c(C(=O)C(N)=O)c2c(OCCOOC)nc(OC)nc2n1Cc1ccccc1. The normalized spacial score (nSPS) is 10.9. The molecule has 0 unspecified atom stereocenters. The minimum absolute atomic E-state index is 0.0581. The standard InChI is InChI=1S/C21H24N4O6/c1-4-14-15(17(26)18(22)27)16-19(25(14)12-13-8-6-5-7-9-13)23-21(28-2)24-20(16)30-10-11-31-29-3/h5-9H,4,10-12H2,1-3H3,(H2,22,27). The second kappa shape index (κ2) is 10.0. The van der Waals surface area contributed by atoms with Gasteiger partial charge in [0.2, 0.25) is 5.88 Å². The second-order valence-electron chi connectivity index (χ2n) is 6.49. The number of carbonyl (C=O) groups is 2. The Morgan fingerprint density at radius 3 is 2.45 bits per heavy atom. The van der Waals surface area contributed by atoms with E-state index in [4.69, 9.17) is 20.1 Å². The largest absolute Gasteiger partial charge is 0.474 e. The van der Waals surface area contributed by atoms with Crippen LogP contribution in [0.25, 0.3) is 11.0 Å². The molecular weight excluding hydrogens is 404 g/mol. The van der Waals surface area contributed by atoms with E-state index in [0.29, 0.717) is 29.7 Å². The van der Waals surface area contributed by atoms with E-state index in [1.54, 1.807) is 0 Å². The highest BCUT2D eigenvalue weighted by Gasteiger charge is 2.29. The van der Waals surface area contributed by atoms with Crippen molar-refractivity contribution >= 4 is 22.7 Å². The topological polar surface area (TPSA) is 128 Å². The number of ketones is 1. The van der Waals surface area contributed by atoms with Gasteiger partial charge in [-0.25, -0.2) is 9.78 Å². The molecule has 2 heterocycles. The third kappa shape index (κ3) is 4.65. The van der Waals surface area contributed by atoms with E-state index < -0.39 is 11.7 Å². The second-order valence-corrected chi connectivity index (χ2v) is 6.49. The number of methoxy groups -OCH3 is 1. The van der Waals surface area contributed by atoms with Crippen molar-refractivity contribution in [2.24, 2.45) is 5.73 Å². The lowest BCUT2D eigenvalue weighted by Gasteiger charge is -2.11. The van der Waals surface area contributed by atoms with Gasteiger partial charge in [0.1, 0.15) is 13.2 Å². The summed E-state index contributed by atoms with van der Waals surface area (Å²) in [5.41, 5.74) is 7.47. The predicted octanol–water partition coefficient (Wildman–Crippen LogP) is 1.68. The molecule has 1 aromatic carbocycles.